The second kappa shape index (κ2) is 8.09. The number of fused-ring (bicyclic) bond motifs is 1. The highest BCUT2D eigenvalue weighted by atomic mass is 16.5. The number of furan rings is 1. The minimum Gasteiger partial charge on any atom is -0.453 e. The van der Waals surface area contributed by atoms with Crippen LogP contribution in [0.3, 0.4) is 0 Å². The van der Waals surface area contributed by atoms with E-state index >= 15 is 0 Å². The molecule has 2 atom stereocenters. The normalized spacial score (nSPS) is 21.7. The molecule has 6 heteroatoms. The number of carbonyl (C=O) groups excluding carboxylic acids is 2. The number of hydrogen-bond donors (Lipinski definition) is 1. The molecule has 148 valence electrons. The summed E-state index contributed by atoms with van der Waals surface area (Å²) in [6.45, 7) is 0.823. The molecule has 2 aromatic rings. The first-order valence-electron chi connectivity index (χ1n) is 10.0. The van der Waals surface area contributed by atoms with Gasteiger partial charge in [-0.1, -0.05) is 12.8 Å². The molecular formula is C22H26N2O4. The van der Waals surface area contributed by atoms with Gasteiger partial charge in [-0.25, -0.2) is 4.79 Å². The van der Waals surface area contributed by atoms with Crippen LogP contribution in [0.5, 0.6) is 0 Å². The summed E-state index contributed by atoms with van der Waals surface area (Å²) < 4.78 is 10.5. The van der Waals surface area contributed by atoms with Crippen LogP contribution in [-0.2, 0) is 4.74 Å². The lowest BCUT2D eigenvalue weighted by molar-refractivity contribution is 0.0363. The maximum Gasteiger partial charge on any atom is 0.411 e. The molecule has 0 spiro atoms. The van der Waals surface area contributed by atoms with Crippen molar-refractivity contribution in [3.63, 3.8) is 0 Å². The second-order valence-corrected chi connectivity index (χ2v) is 7.61. The van der Waals surface area contributed by atoms with Crippen LogP contribution in [0.1, 0.15) is 49.1 Å². The molecule has 0 radical (unpaired) electrons. The number of anilines is 1. The number of methoxy groups -OCH3 is 1. The third-order valence-corrected chi connectivity index (χ3v) is 5.92. The van der Waals surface area contributed by atoms with Crippen molar-refractivity contribution in [3.8, 4) is 11.3 Å². The van der Waals surface area contributed by atoms with Crippen molar-refractivity contribution in [1.29, 1.82) is 0 Å². The van der Waals surface area contributed by atoms with Crippen molar-refractivity contribution in [2.75, 3.05) is 19.0 Å². The van der Waals surface area contributed by atoms with Gasteiger partial charge in [0.25, 0.3) is 5.91 Å². The zero-order chi connectivity index (χ0) is 19.5. The molecule has 28 heavy (non-hydrogen) atoms. The lowest BCUT2D eigenvalue weighted by atomic mass is 9.78. The Kier molecular flexibility index (Phi) is 5.37. The van der Waals surface area contributed by atoms with E-state index in [0.717, 1.165) is 24.9 Å². The molecule has 2 aliphatic rings. The van der Waals surface area contributed by atoms with Crippen LogP contribution in [0.4, 0.5) is 10.5 Å². The molecule has 1 aliphatic heterocycles. The summed E-state index contributed by atoms with van der Waals surface area (Å²) in [7, 11) is 1.32. The quantitative estimate of drug-likeness (QED) is 0.818. The first-order chi connectivity index (χ1) is 13.7. The van der Waals surface area contributed by atoms with Crippen LogP contribution in [-0.4, -0.2) is 36.6 Å². The number of likely N-dealkylation sites (tertiary alicyclic amines) is 1. The van der Waals surface area contributed by atoms with Gasteiger partial charge in [-0.3, -0.25) is 10.1 Å². The number of piperidine rings is 1. The van der Waals surface area contributed by atoms with Gasteiger partial charge >= 0.3 is 6.09 Å². The summed E-state index contributed by atoms with van der Waals surface area (Å²) in [5.74, 6) is 1.70. The van der Waals surface area contributed by atoms with Crippen molar-refractivity contribution < 1.29 is 18.7 Å². The fraction of sp³-hybridized carbons (Fsp3) is 0.455. The van der Waals surface area contributed by atoms with Crippen molar-refractivity contribution in [2.24, 2.45) is 5.92 Å². The van der Waals surface area contributed by atoms with Gasteiger partial charge in [-0.15, -0.1) is 0 Å². The van der Waals surface area contributed by atoms with Gasteiger partial charge in [0.1, 0.15) is 5.76 Å². The predicted octanol–water partition coefficient (Wildman–Crippen LogP) is 4.92. The largest absolute Gasteiger partial charge is 0.453 e. The second-order valence-electron chi connectivity index (χ2n) is 7.61. The average molecular weight is 382 g/mol. The Morgan fingerprint density at radius 2 is 1.79 bits per heavy atom. The highest BCUT2D eigenvalue weighted by molar-refractivity contribution is 5.92. The van der Waals surface area contributed by atoms with Gasteiger partial charge < -0.3 is 14.1 Å². The van der Waals surface area contributed by atoms with E-state index < -0.39 is 6.09 Å². The van der Waals surface area contributed by atoms with E-state index in [1.807, 2.05) is 23.1 Å². The summed E-state index contributed by atoms with van der Waals surface area (Å²) in [5.41, 5.74) is 1.48. The molecule has 2 unspecified atom stereocenters. The van der Waals surface area contributed by atoms with Crippen molar-refractivity contribution in [1.82, 2.24) is 4.90 Å². The number of amides is 2. The third kappa shape index (κ3) is 3.77. The summed E-state index contributed by atoms with van der Waals surface area (Å²) in [4.78, 5) is 26.4. The molecule has 2 heterocycles. The van der Waals surface area contributed by atoms with Gasteiger partial charge in [0.15, 0.2) is 5.76 Å². The van der Waals surface area contributed by atoms with E-state index in [9.17, 15) is 9.59 Å². The molecule has 1 saturated heterocycles. The molecule has 2 fully saturated rings. The average Bonchev–Trinajstić information content (AvgIpc) is 3.23. The SMILES string of the molecule is COC(=O)Nc1ccc(-c2ccc(C(=O)N3CCCC4CCCCC43)o2)cc1. The van der Waals surface area contributed by atoms with Crippen LogP contribution in [0.25, 0.3) is 11.3 Å². The topological polar surface area (TPSA) is 71.8 Å². The Labute approximate surface area is 164 Å². The number of benzene rings is 1. The summed E-state index contributed by atoms with van der Waals surface area (Å²) in [6, 6.07) is 11.2. The first kappa shape index (κ1) is 18.6. The monoisotopic (exact) mass is 382 g/mol. The van der Waals surface area contributed by atoms with E-state index in [-0.39, 0.29) is 5.91 Å². The molecule has 1 aromatic heterocycles. The smallest absolute Gasteiger partial charge is 0.411 e. The Hall–Kier alpha value is -2.76. The minimum atomic E-state index is -0.513. The van der Waals surface area contributed by atoms with Crippen molar-refractivity contribution in [3.05, 3.63) is 42.2 Å². The Morgan fingerprint density at radius 1 is 1.04 bits per heavy atom. The van der Waals surface area contributed by atoms with E-state index in [1.54, 1.807) is 18.2 Å². The number of nitrogens with one attached hydrogen (secondary N) is 1. The van der Waals surface area contributed by atoms with E-state index in [4.69, 9.17) is 4.42 Å². The summed E-state index contributed by atoms with van der Waals surface area (Å²) in [5, 5.41) is 2.61. The third-order valence-electron chi connectivity index (χ3n) is 5.92. The van der Waals surface area contributed by atoms with Gasteiger partial charge in [0.2, 0.25) is 0 Å². The van der Waals surface area contributed by atoms with Gasteiger partial charge in [-0.05, 0) is 68.0 Å². The van der Waals surface area contributed by atoms with Crippen LogP contribution in [0.2, 0.25) is 0 Å². The predicted molar refractivity (Wildman–Crippen MR) is 106 cm³/mol. The van der Waals surface area contributed by atoms with Crippen LogP contribution in [0.15, 0.2) is 40.8 Å². The van der Waals surface area contributed by atoms with E-state index in [0.29, 0.717) is 29.2 Å². The Balaban J connectivity index is 1.47. The molecule has 1 aliphatic carbocycles. The maximum absolute atomic E-state index is 13.1. The molecule has 4 rings (SSSR count). The van der Waals surface area contributed by atoms with Gasteiger partial charge in [0.05, 0.1) is 7.11 Å². The summed E-state index contributed by atoms with van der Waals surface area (Å²) in [6.07, 6.45) is 6.65. The zero-order valence-corrected chi connectivity index (χ0v) is 16.1. The highest BCUT2D eigenvalue weighted by Crippen LogP contribution is 2.36. The standard InChI is InChI=1S/C22H26N2O4/c1-27-22(26)23-17-10-8-16(9-11-17)19-12-13-20(28-19)21(25)24-14-4-6-15-5-2-3-7-18(15)24/h8-13,15,18H,2-7,14H2,1H3,(H,23,26). The molecular weight excluding hydrogens is 356 g/mol. The number of rotatable bonds is 3. The van der Waals surface area contributed by atoms with Crippen LogP contribution >= 0.6 is 0 Å². The van der Waals surface area contributed by atoms with Crippen molar-refractivity contribution in [2.45, 2.75) is 44.6 Å². The molecule has 6 nitrogen and oxygen atoms in total. The van der Waals surface area contributed by atoms with E-state index in [1.165, 1.54) is 32.8 Å². The number of hydrogen-bond acceptors (Lipinski definition) is 4. The zero-order valence-electron chi connectivity index (χ0n) is 16.1. The van der Waals surface area contributed by atoms with Gasteiger partial charge in [0, 0.05) is 23.8 Å². The van der Waals surface area contributed by atoms with Crippen molar-refractivity contribution >= 4 is 17.7 Å². The summed E-state index contributed by atoms with van der Waals surface area (Å²) >= 11 is 0. The maximum atomic E-state index is 13.1. The number of carbonyl (C=O) groups is 2. The van der Waals surface area contributed by atoms with Crippen LogP contribution in [0, 0.1) is 5.92 Å². The van der Waals surface area contributed by atoms with Gasteiger partial charge in [-0.2, -0.15) is 0 Å². The van der Waals surface area contributed by atoms with Crippen LogP contribution < -0.4 is 5.32 Å². The molecule has 1 N–H and O–H groups in total. The molecule has 1 saturated carbocycles. The Bertz CT molecular complexity index is 840. The fourth-order valence-electron chi connectivity index (χ4n) is 4.51. The number of ether oxygens (including phenoxy) is 1. The molecule has 2 amide bonds. The molecule has 1 aromatic carbocycles. The number of nitrogens with zero attached hydrogens (tertiary/aromatic N) is 1. The first-order valence-corrected chi connectivity index (χ1v) is 10.0. The van der Waals surface area contributed by atoms with E-state index in [2.05, 4.69) is 10.1 Å². The minimum absolute atomic E-state index is 0.00632. The fourth-order valence-corrected chi connectivity index (χ4v) is 4.51. The Morgan fingerprint density at radius 3 is 2.57 bits per heavy atom. The lowest BCUT2D eigenvalue weighted by Crippen LogP contribution is -2.49. The molecule has 0 bridgehead atoms. The highest BCUT2D eigenvalue weighted by Gasteiger charge is 2.36. The lowest BCUT2D eigenvalue weighted by Gasteiger charge is -2.43.